The van der Waals surface area contributed by atoms with Gasteiger partial charge in [0.1, 0.15) is 11.3 Å². The third kappa shape index (κ3) is 4.29. The number of carbonyl (C=O) groups excluding carboxylic acids is 1. The molecule has 4 aromatic rings. The standard InChI is InChI=1S/C18H12ClN3O4S/c19-12-7-5-11(6-8-12)17-22-21-15(26-17)9-24-16(23)10-27-18-20-13-3-1-2-4-14(13)25-18/h1-8H,9-10H2. The molecule has 2 aromatic carbocycles. The molecule has 0 aliphatic heterocycles. The van der Waals surface area contributed by atoms with Gasteiger partial charge in [-0.05, 0) is 36.4 Å². The number of aromatic nitrogens is 3. The normalized spacial score (nSPS) is 11.0. The molecule has 0 saturated carbocycles. The van der Waals surface area contributed by atoms with E-state index < -0.39 is 5.97 Å². The van der Waals surface area contributed by atoms with Gasteiger partial charge in [0.15, 0.2) is 12.2 Å². The van der Waals surface area contributed by atoms with Crippen LogP contribution < -0.4 is 0 Å². The van der Waals surface area contributed by atoms with E-state index in [1.54, 1.807) is 24.3 Å². The lowest BCUT2D eigenvalue weighted by atomic mass is 10.2. The largest absolute Gasteiger partial charge is 0.455 e. The third-order valence-corrected chi connectivity index (χ3v) is 4.56. The predicted molar refractivity (Wildman–Crippen MR) is 99.3 cm³/mol. The topological polar surface area (TPSA) is 91.2 Å². The highest BCUT2D eigenvalue weighted by Gasteiger charge is 2.13. The Hall–Kier alpha value is -2.84. The highest BCUT2D eigenvalue weighted by atomic mass is 35.5. The second kappa shape index (κ2) is 7.81. The van der Waals surface area contributed by atoms with Crippen LogP contribution in [0.3, 0.4) is 0 Å². The van der Waals surface area contributed by atoms with Gasteiger partial charge in [-0.2, -0.15) is 0 Å². The van der Waals surface area contributed by atoms with Crippen LogP contribution in [0.15, 0.2) is 62.6 Å². The van der Waals surface area contributed by atoms with Crippen molar-refractivity contribution in [3.05, 3.63) is 59.4 Å². The Kier molecular flexibility index (Phi) is 5.08. The van der Waals surface area contributed by atoms with Gasteiger partial charge in [-0.1, -0.05) is 35.5 Å². The van der Waals surface area contributed by atoms with Crippen LogP contribution >= 0.6 is 23.4 Å². The second-order valence-corrected chi connectivity index (χ2v) is 6.77. The van der Waals surface area contributed by atoms with Gasteiger partial charge in [0.05, 0.1) is 0 Å². The molecule has 4 rings (SSSR count). The van der Waals surface area contributed by atoms with Crippen LogP contribution in [0.2, 0.25) is 5.02 Å². The van der Waals surface area contributed by atoms with Crippen LogP contribution in [-0.4, -0.2) is 26.9 Å². The Balaban J connectivity index is 1.29. The number of halogens is 1. The van der Waals surface area contributed by atoms with Crippen LogP contribution in [0, 0.1) is 0 Å². The number of thioether (sulfide) groups is 1. The van der Waals surface area contributed by atoms with Crippen LogP contribution in [0.1, 0.15) is 5.89 Å². The fourth-order valence-corrected chi connectivity index (χ4v) is 3.00. The van der Waals surface area contributed by atoms with Crippen molar-refractivity contribution < 1.29 is 18.4 Å². The quantitative estimate of drug-likeness (QED) is 0.347. The molecule has 0 spiro atoms. The van der Waals surface area contributed by atoms with Crippen molar-refractivity contribution in [1.29, 1.82) is 0 Å². The van der Waals surface area contributed by atoms with E-state index in [1.807, 2.05) is 24.3 Å². The van der Waals surface area contributed by atoms with Gasteiger partial charge in [0.2, 0.25) is 5.89 Å². The van der Waals surface area contributed by atoms with E-state index >= 15 is 0 Å². The van der Waals surface area contributed by atoms with E-state index in [0.717, 1.165) is 22.8 Å². The molecule has 2 heterocycles. The van der Waals surface area contributed by atoms with Crippen molar-refractivity contribution in [2.75, 3.05) is 5.75 Å². The summed E-state index contributed by atoms with van der Waals surface area (Å²) in [5.74, 6) is 0.164. The van der Waals surface area contributed by atoms with Gasteiger partial charge in [-0.15, -0.1) is 10.2 Å². The predicted octanol–water partition coefficient (Wildman–Crippen LogP) is 4.37. The first-order valence-corrected chi connectivity index (χ1v) is 9.26. The minimum Gasteiger partial charge on any atom is -0.455 e. The molecule has 0 saturated heterocycles. The zero-order valence-electron chi connectivity index (χ0n) is 13.8. The number of hydrogen-bond donors (Lipinski definition) is 0. The number of ether oxygens (including phenoxy) is 1. The SMILES string of the molecule is O=C(CSc1nc2ccccc2o1)OCc1nnc(-c2ccc(Cl)cc2)o1. The molecule has 0 aliphatic rings. The Morgan fingerprint density at radius 3 is 2.70 bits per heavy atom. The average Bonchev–Trinajstić information content (AvgIpc) is 3.32. The molecule has 0 aliphatic carbocycles. The van der Waals surface area contributed by atoms with Crippen molar-refractivity contribution in [3.8, 4) is 11.5 Å². The van der Waals surface area contributed by atoms with E-state index in [1.165, 1.54) is 0 Å². The minimum absolute atomic E-state index is 0.0605. The average molecular weight is 402 g/mol. The van der Waals surface area contributed by atoms with Crippen molar-refractivity contribution in [2.24, 2.45) is 0 Å². The summed E-state index contributed by atoms with van der Waals surface area (Å²) in [5.41, 5.74) is 2.15. The lowest BCUT2D eigenvalue weighted by Gasteiger charge is -2.00. The molecular formula is C18H12ClN3O4S. The van der Waals surface area contributed by atoms with Crippen molar-refractivity contribution in [1.82, 2.24) is 15.2 Å². The maximum absolute atomic E-state index is 11.9. The molecule has 0 N–H and O–H groups in total. The fourth-order valence-electron chi connectivity index (χ4n) is 2.24. The lowest BCUT2D eigenvalue weighted by Crippen LogP contribution is -2.07. The zero-order chi connectivity index (χ0) is 18.6. The minimum atomic E-state index is -0.437. The van der Waals surface area contributed by atoms with Crippen LogP contribution in [0.25, 0.3) is 22.6 Å². The summed E-state index contributed by atoms with van der Waals surface area (Å²) in [6, 6.07) is 14.4. The summed E-state index contributed by atoms with van der Waals surface area (Å²) in [7, 11) is 0. The Morgan fingerprint density at radius 2 is 1.89 bits per heavy atom. The second-order valence-electron chi connectivity index (χ2n) is 5.40. The van der Waals surface area contributed by atoms with Crippen molar-refractivity contribution in [3.63, 3.8) is 0 Å². The molecule has 0 radical (unpaired) electrons. The molecule has 0 unspecified atom stereocenters. The summed E-state index contributed by atoms with van der Waals surface area (Å²) >= 11 is 7.01. The van der Waals surface area contributed by atoms with E-state index in [0.29, 0.717) is 21.7 Å². The van der Waals surface area contributed by atoms with Gasteiger partial charge in [0.25, 0.3) is 11.1 Å². The first-order chi connectivity index (χ1) is 13.2. The molecule has 0 amide bonds. The van der Waals surface area contributed by atoms with Crippen molar-refractivity contribution in [2.45, 2.75) is 11.8 Å². The number of oxazole rings is 1. The maximum Gasteiger partial charge on any atom is 0.316 e. The fraction of sp³-hybridized carbons (Fsp3) is 0.111. The molecule has 7 nitrogen and oxygen atoms in total. The maximum atomic E-state index is 11.9. The first-order valence-electron chi connectivity index (χ1n) is 7.90. The summed E-state index contributed by atoms with van der Waals surface area (Å²) in [5, 5.41) is 8.83. The molecule has 0 bridgehead atoms. The van der Waals surface area contributed by atoms with Gasteiger partial charge in [0, 0.05) is 10.6 Å². The summed E-state index contributed by atoms with van der Waals surface area (Å²) in [4.78, 5) is 16.2. The zero-order valence-corrected chi connectivity index (χ0v) is 15.4. The van der Waals surface area contributed by atoms with Crippen LogP contribution in [0.4, 0.5) is 0 Å². The number of fused-ring (bicyclic) bond motifs is 1. The number of nitrogens with zero attached hydrogens (tertiary/aromatic N) is 3. The molecule has 27 heavy (non-hydrogen) atoms. The number of carbonyl (C=O) groups is 1. The number of hydrogen-bond acceptors (Lipinski definition) is 8. The molecule has 9 heteroatoms. The van der Waals surface area contributed by atoms with Gasteiger partial charge in [-0.3, -0.25) is 4.79 Å². The van der Waals surface area contributed by atoms with Crippen LogP contribution in [0.5, 0.6) is 0 Å². The molecule has 136 valence electrons. The Labute approximate surface area is 162 Å². The van der Waals surface area contributed by atoms with E-state index in [4.69, 9.17) is 25.2 Å². The Morgan fingerprint density at radius 1 is 1.07 bits per heavy atom. The Bertz CT molecular complexity index is 1040. The number of benzene rings is 2. The number of esters is 1. The monoisotopic (exact) mass is 401 g/mol. The van der Waals surface area contributed by atoms with Crippen molar-refractivity contribution >= 4 is 40.4 Å². The molecular weight excluding hydrogens is 390 g/mol. The molecule has 2 aromatic heterocycles. The molecule has 0 fully saturated rings. The molecule has 0 atom stereocenters. The van der Waals surface area contributed by atoms with Crippen LogP contribution in [-0.2, 0) is 16.1 Å². The summed E-state index contributed by atoms with van der Waals surface area (Å²) in [6.07, 6.45) is 0. The third-order valence-electron chi connectivity index (χ3n) is 3.50. The highest BCUT2D eigenvalue weighted by Crippen LogP contribution is 2.23. The highest BCUT2D eigenvalue weighted by molar-refractivity contribution is 7.99. The smallest absolute Gasteiger partial charge is 0.316 e. The summed E-state index contributed by atoms with van der Waals surface area (Å²) in [6.45, 7) is -0.104. The van der Waals surface area contributed by atoms with E-state index in [9.17, 15) is 4.79 Å². The lowest BCUT2D eigenvalue weighted by molar-refractivity contribution is -0.142. The number of para-hydroxylation sites is 2. The summed E-state index contributed by atoms with van der Waals surface area (Å²) < 4.78 is 16.2. The van der Waals surface area contributed by atoms with Gasteiger partial charge >= 0.3 is 5.97 Å². The van der Waals surface area contributed by atoms with E-state index in [-0.39, 0.29) is 18.3 Å². The van der Waals surface area contributed by atoms with E-state index in [2.05, 4.69) is 15.2 Å². The van der Waals surface area contributed by atoms with Gasteiger partial charge < -0.3 is 13.6 Å². The number of rotatable bonds is 6. The van der Waals surface area contributed by atoms with Gasteiger partial charge in [-0.25, -0.2) is 4.98 Å². The first kappa shape index (κ1) is 17.6.